The molecule has 0 saturated carbocycles. The molecule has 33 heavy (non-hydrogen) atoms. The molecule has 1 atom stereocenters. The summed E-state index contributed by atoms with van der Waals surface area (Å²) >= 11 is 0. The molecule has 1 unspecified atom stereocenters. The molecule has 7 nitrogen and oxygen atoms in total. The molecule has 0 N–H and O–H groups in total. The molecular weight excluding hydrogens is 416 g/mol. The van der Waals surface area contributed by atoms with E-state index in [0.717, 1.165) is 36.0 Å². The molecule has 7 heteroatoms. The predicted molar refractivity (Wildman–Crippen MR) is 126 cm³/mol. The fourth-order valence-corrected chi connectivity index (χ4v) is 4.29. The highest BCUT2D eigenvalue weighted by Gasteiger charge is 2.38. The van der Waals surface area contributed by atoms with Gasteiger partial charge in [0.15, 0.2) is 5.69 Å². The van der Waals surface area contributed by atoms with E-state index < -0.39 is 6.04 Å². The van der Waals surface area contributed by atoms with Gasteiger partial charge in [-0.2, -0.15) is 0 Å². The van der Waals surface area contributed by atoms with E-state index in [-0.39, 0.29) is 17.5 Å². The number of hydrogen-bond acceptors (Lipinski definition) is 5. The molecule has 2 aromatic heterocycles. The van der Waals surface area contributed by atoms with Crippen LogP contribution in [0.5, 0.6) is 0 Å². The van der Waals surface area contributed by atoms with E-state index in [1.807, 2.05) is 54.4 Å². The topological polar surface area (TPSA) is 79.5 Å². The predicted octanol–water partition coefficient (Wildman–Crippen LogP) is 3.99. The lowest BCUT2D eigenvalue weighted by Gasteiger charge is -2.40. The van der Waals surface area contributed by atoms with Crippen LogP contribution in [-0.2, 0) is 17.6 Å². The van der Waals surface area contributed by atoms with E-state index >= 15 is 0 Å². The van der Waals surface area contributed by atoms with Gasteiger partial charge >= 0.3 is 0 Å². The maximum Gasteiger partial charge on any atom is 0.276 e. The van der Waals surface area contributed by atoms with Gasteiger partial charge in [0.1, 0.15) is 11.8 Å². The van der Waals surface area contributed by atoms with E-state index in [2.05, 4.69) is 17.1 Å². The van der Waals surface area contributed by atoms with Crippen molar-refractivity contribution in [2.45, 2.75) is 45.6 Å². The monoisotopic (exact) mass is 446 g/mol. The second-order valence-corrected chi connectivity index (χ2v) is 8.41. The summed E-state index contributed by atoms with van der Waals surface area (Å²) in [6.07, 6.45) is 6.56. The Morgan fingerprint density at radius 2 is 1.91 bits per heavy atom. The zero-order valence-electron chi connectivity index (χ0n) is 19.2. The minimum absolute atomic E-state index is 0.00920. The highest BCUT2D eigenvalue weighted by atomic mass is 16.5. The maximum absolute atomic E-state index is 13.3. The van der Waals surface area contributed by atoms with Gasteiger partial charge in [-0.15, -0.1) is 0 Å². The van der Waals surface area contributed by atoms with E-state index in [1.165, 1.54) is 0 Å². The molecule has 0 aliphatic carbocycles. The second-order valence-electron chi connectivity index (χ2n) is 8.41. The number of aromatic nitrogens is 2. The Bertz CT molecular complexity index is 1080. The van der Waals surface area contributed by atoms with Gasteiger partial charge < -0.3 is 14.3 Å². The Morgan fingerprint density at radius 1 is 1.09 bits per heavy atom. The molecule has 0 radical (unpaired) electrons. The average molecular weight is 447 g/mol. The smallest absolute Gasteiger partial charge is 0.276 e. The van der Waals surface area contributed by atoms with E-state index in [1.54, 1.807) is 17.2 Å². The summed E-state index contributed by atoms with van der Waals surface area (Å²) in [6, 6.07) is 13.2. The van der Waals surface area contributed by atoms with Gasteiger partial charge in [-0.3, -0.25) is 14.6 Å². The zero-order chi connectivity index (χ0) is 23.2. The fourth-order valence-electron chi connectivity index (χ4n) is 4.29. The SMILES string of the molecule is CCCc1cc(C(=O)N2CCN(CCC)C(=O)C2Cc2ccc(-c3cccnc3)cc2)no1. The highest BCUT2D eigenvalue weighted by molar-refractivity contribution is 5.97. The Balaban J connectivity index is 1.56. The molecule has 1 aliphatic rings. The van der Waals surface area contributed by atoms with Crippen molar-refractivity contribution in [1.29, 1.82) is 0 Å². The molecule has 1 saturated heterocycles. The van der Waals surface area contributed by atoms with Crippen LogP contribution in [-0.4, -0.2) is 57.4 Å². The third-order valence-electron chi connectivity index (χ3n) is 5.99. The van der Waals surface area contributed by atoms with Crippen molar-refractivity contribution in [1.82, 2.24) is 19.9 Å². The number of carbonyl (C=O) groups is 2. The Kier molecular flexibility index (Phi) is 7.17. The largest absolute Gasteiger partial charge is 0.361 e. The summed E-state index contributed by atoms with van der Waals surface area (Å²) in [7, 11) is 0. The van der Waals surface area contributed by atoms with Crippen molar-refractivity contribution < 1.29 is 14.1 Å². The molecule has 2 amide bonds. The number of nitrogens with zero attached hydrogens (tertiary/aromatic N) is 4. The number of hydrogen-bond donors (Lipinski definition) is 0. The van der Waals surface area contributed by atoms with Gasteiger partial charge in [-0.05, 0) is 35.6 Å². The second kappa shape index (κ2) is 10.4. The third kappa shape index (κ3) is 5.13. The van der Waals surface area contributed by atoms with Gasteiger partial charge in [-0.1, -0.05) is 49.3 Å². The van der Waals surface area contributed by atoms with Crippen molar-refractivity contribution in [2.24, 2.45) is 0 Å². The number of carbonyl (C=O) groups excluding carboxylic acids is 2. The van der Waals surface area contributed by atoms with Crippen LogP contribution in [0.1, 0.15) is 48.5 Å². The Labute approximate surface area is 194 Å². The zero-order valence-corrected chi connectivity index (χ0v) is 19.2. The standard InChI is InChI=1S/C26H30N4O3/c1-3-6-22-17-23(28-33-22)25(31)30-15-14-29(13-4-2)26(32)24(30)16-19-8-10-20(11-9-19)21-7-5-12-27-18-21/h5,7-12,17-18,24H,3-4,6,13-16H2,1-2H3. The number of benzene rings is 1. The summed E-state index contributed by atoms with van der Waals surface area (Å²) < 4.78 is 5.31. The molecule has 172 valence electrons. The Morgan fingerprint density at radius 3 is 2.61 bits per heavy atom. The van der Waals surface area contributed by atoms with Gasteiger partial charge in [0.25, 0.3) is 5.91 Å². The van der Waals surface area contributed by atoms with E-state index in [4.69, 9.17) is 4.52 Å². The molecule has 1 aliphatic heterocycles. The van der Waals surface area contributed by atoms with Crippen molar-refractivity contribution in [2.75, 3.05) is 19.6 Å². The molecule has 1 aromatic carbocycles. The molecule has 0 bridgehead atoms. The van der Waals surface area contributed by atoms with Gasteiger partial charge in [-0.25, -0.2) is 0 Å². The minimum atomic E-state index is -0.562. The molecule has 4 rings (SSSR count). The molecule has 3 aromatic rings. The van der Waals surface area contributed by atoms with E-state index in [0.29, 0.717) is 31.8 Å². The van der Waals surface area contributed by atoms with Crippen LogP contribution in [0.4, 0.5) is 0 Å². The lowest BCUT2D eigenvalue weighted by atomic mass is 9.98. The molecular formula is C26H30N4O3. The van der Waals surface area contributed by atoms with Crippen LogP contribution < -0.4 is 0 Å². The van der Waals surface area contributed by atoms with Gasteiger partial charge in [0.2, 0.25) is 5.91 Å². The first-order valence-corrected chi connectivity index (χ1v) is 11.7. The van der Waals surface area contributed by atoms with Crippen molar-refractivity contribution in [3.8, 4) is 11.1 Å². The first-order valence-electron chi connectivity index (χ1n) is 11.7. The summed E-state index contributed by atoms with van der Waals surface area (Å²) in [5.41, 5.74) is 3.38. The summed E-state index contributed by atoms with van der Waals surface area (Å²) in [5, 5.41) is 3.98. The van der Waals surface area contributed by atoms with Crippen molar-refractivity contribution in [3.63, 3.8) is 0 Å². The van der Waals surface area contributed by atoms with Crippen molar-refractivity contribution >= 4 is 11.8 Å². The summed E-state index contributed by atoms with van der Waals surface area (Å²) in [4.78, 5) is 34.3. The third-order valence-corrected chi connectivity index (χ3v) is 5.99. The van der Waals surface area contributed by atoms with Gasteiger partial charge in [0, 0.05) is 50.9 Å². The number of aryl methyl sites for hydroxylation is 1. The highest BCUT2D eigenvalue weighted by Crippen LogP contribution is 2.23. The number of piperazine rings is 1. The maximum atomic E-state index is 13.3. The fraction of sp³-hybridized carbons (Fsp3) is 0.385. The number of rotatable bonds is 8. The van der Waals surface area contributed by atoms with E-state index in [9.17, 15) is 9.59 Å². The van der Waals surface area contributed by atoms with Crippen LogP contribution in [0.15, 0.2) is 59.4 Å². The normalized spacial score (nSPS) is 16.3. The molecule has 3 heterocycles. The summed E-state index contributed by atoms with van der Waals surface area (Å²) in [6.45, 7) is 5.82. The van der Waals surface area contributed by atoms with Crippen molar-refractivity contribution in [3.05, 3.63) is 71.9 Å². The first kappa shape index (κ1) is 22.7. The lowest BCUT2D eigenvalue weighted by Crippen LogP contribution is -2.59. The van der Waals surface area contributed by atoms with Gasteiger partial charge in [0.05, 0.1) is 0 Å². The number of pyridine rings is 1. The van der Waals surface area contributed by atoms with Crippen LogP contribution in [0.25, 0.3) is 11.1 Å². The van der Waals surface area contributed by atoms with Crippen LogP contribution in [0.3, 0.4) is 0 Å². The molecule has 1 fully saturated rings. The lowest BCUT2D eigenvalue weighted by molar-refractivity contribution is -0.140. The number of amides is 2. The Hall–Kier alpha value is -3.48. The molecule has 0 spiro atoms. The summed E-state index contributed by atoms with van der Waals surface area (Å²) in [5.74, 6) is 0.437. The van der Waals surface area contributed by atoms with Crippen LogP contribution in [0, 0.1) is 0 Å². The first-order chi connectivity index (χ1) is 16.1. The average Bonchev–Trinajstić information content (AvgIpc) is 3.31. The minimum Gasteiger partial charge on any atom is -0.361 e. The van der Waals surface area contributed by atoms with Crippen LogP contribution in [0.2, 0.25) is 0 Å². The quantitative estimate of drug-likeness (QED) is 0.523. The van der Waals surface area contributed by atoms with Crippen LogP contribution >= 0.6 is 0 Å².